The molecule has 3 aromatic heterocycles. The average molecular weight is 436 g/mol. The average Bonchev–Trinajstić information content (AvgIpc) is 3.54. The summed E-state index contributed by atoms with van der Waals surface area (Å²) in [5.41, 5.74) is 1.88. The smallest absolute Gasteiger partial charge is 0.260 e. The Kier molecular flexibility index (Phi) is 4.54. The fourth-order valence-electron chi connectivity index (χ4n) is 4.53. The van der Waals surface area contributed by atoms with Crippen molar-refractivity contribution in [1.82, 2.24) is 14.9 Å². The highest BCUT2D eigenvalue weighted by Crippen LogP contribution is 2.38. The van der Waals surface area contributed by atoms with Crippen LogP contribution in [0, 0.1) is 0 Å². The first kappa shape index (κ1) is 18.7. The standard InChI is InChI=1S/C23H21N3O4S/c27-22-21-15(17-4-2-8-28-17)13-31-23(21)25-20(24-22)12-26-7-1-3-16(26)14-5-6-18-19(11-14)30-10-9-29-18/h2,4-6,8,11,13,16H,1,3,7,9-10,12H2,(H,24,25,27)/t16-/m0/s1. The first-order valence-corrected chi connectivity index (χ1v) is 11.3. The van der Waals surface area contributed by atoms with Crippen LogP contribution in [0.2, 0.25) is 0 Å². The molecule has 4 aromatic rings. The number of aromatic amines is 1. The number of rotatable bonds is 4. The topological polar surface area (TPSA) is 80.6 Å². The van der Waals surface area contributed by atoms with Crippen LogP contribution in [0.25, 0.3) is 21.5 Å². The van der Waals surface area contributed by atoms with Crippen molar-refractivity contribution in [3.05, 3.63) is 63.7 Å². The van der Waals surface area contributed by atoms with Crippen LogP contribution in [0.4, 0.5) is 0 Å². The van der Waals surface area contributed by atoms with E-state index in [1.807, 2.05) is 23.6 Å². The zero-order chi connectivity index (χ0) is 20.8. The molecule has 2 aliphatic rings. The van der Waals surface area contributed by atoms with E-state index in [0.29, 0.717) is 36.7 Å². The van der Waals surface area contributed by atoms with Crippen LogP contribution in [0.3, 0.4) is 0 Å². The Hall–Kier alpha value is -3.10. The molecule has 0 unspecified atom stereocenters. The number of thiophene rings is 1. The molecule has 1 fully saturated rings. The Morgan fingerprint density at radius 3 is 2.97 bits per heavy atom. The SMILES string of the molecule is O=c1[nH]c(CN2CCC[C@H]2c2ccc3c(c2)OCCO3)nc2scc(-c3ccco3)c12. The van der Waals surface area contributed by atoms with Gasteiger partial charge in [-0.25, -0.2) is 4.98 Å². The number of hydrogen-bond donors (Lipinski definition) is 1. The molecule has 0 aliphatic carbocycles. The maximum absolute atomic E-state index is 12.9. The van der Waals surface area contributed by atoms with Crippen LogP contribution >= 0.6 is 11.3 Å². The van der Waals surface area contributed by atoms with Crippen molar-refractivity contribution in [3.63, 3.8) is 0 Å². The Morgan fingerprint density at radius 2 is 2.10 bits per heavy atom. The summed E-state index contributed by atoms with van der Waals surface area (Å²) in [6, 6.07) is 10.1. The number of benzene rings is 1. The van der Waals surface area contributed by atoms with E-state index in [1.165, 1.54) is 16.9 Å². The van der Waals surface area contributed by atoms with Crippen LogP contribution in [0.1, 0.15) is 30.3 Å². The summed E-state index contributed by atoms with van der Waals surface area (Å²) in [5.74, 6) is 2.99. The lowest BCUT2D eigenvalue weighted by Gasteiger charge is -2.26. The minimum absolute atomic E-state index is 0.122. The third-order valence-corrected chi connectivity index (χ3v) is 6.82. The lowest BCUT2D eigenvalue weighted by molar-refractivity contribution is 0.170. The summed E-state index contributed by atoms with van der Waals surface area (Å²) >= 11 is 1.47. The number of aromatic nitrogens is 2. The molecule has 31 heavy (non-hydrogen) atoms. The first-order chi connectivity index (χ1) is 15.3. The van der Waals surface area contributed by atoms with Gasteiger partial charge in [-0.15, -0.1) is 11.3 Å². The van der Waals surface area contributed by atoms with Crippen molar-refractivity contribution in [3.8, 4) is 22.8 Å². The molecule has 7 nitrogen and oxygen atoms in total. The highest BCUT2D eigenvalue weighted by molar-refractivity contribution is 7.17. The van der Waals surface area contributed by atoms with Crippen LogP contribution in [-0.4, -0.2) is 34.6 Å². The molecule has 5 heterocycles. The molecule has 0 spiro atoms. The molecule has 1 N–H and O–H groups in total. The monoisotopic (exact) mass is 435 g/mol. The number of H-pyrrole nitrogens is 1. The molecule has 0 bridgehead atoms. The fourth-order valence-corrected chi connectivity index (χ4v) is 5.48. The Labute approximate surface area is 182 Å². The highest BCUT2D eigenvalue weighted by atomic mass is 32.1. The van der Waals surface area contributed by atoms with E-state index in [2.05, 4.69) is 22.0 Å². The van der Waals surface area contributed by atoms with Crippen LogP contribution < -0.4 is 15.0 Å². The van der Waals surface area contributed by atoms with Crippen molar-refractivity contribution in [2.45, 2.75) is 25.4 Å². The van der Waals surface area contributed by atoms with Crippen molar-refractivity contribution in [2.75, 3.05) is 19.8 Å². The van der Waals surface area contributed by atoms with Gasteiger partial charge in [-0.3, -0.25) is 9.69 Å². The predicted molar refractivity (Wildman–Crippen MR) is 118 cm³/mol. The number of furan rings is 1. The number of likely N-dealkylation sites (tertiary alicyclic amines) is 1. The van der Waals surface area contributed by atoms with E-state index in [0.717, 1.165) is 41.3 Å². The Morgan fingerprint density at radius 1 is 1.19 bits per heavy atom. The number of ether oxygens (including phenoxy) is 2. The predicted octanol–water partition coefficient (Wildman–Crippen LogP) is 4.35. The zero-order valence-corrected chi connectivity index (χ0v) is 17.6. The molecule has 6 rings (SSSR count). The summed E-state index contributed by atoms with van der Waals surface area (Å²) in [4.78, 5) is 23.8. The first-order valence-electron chi connectivity index (χ1n) is 10.4. The molecule has 1 saturated heterocycles. The third-order valence-electron chi connectivity index (χ3n) is 5.95. The van der Waals surface area contributed by atoms with Crippen molar-refractivity contribution in [2.24, 2.45) is 0 Å². The summed E-state index contributed by atoms with van der Waals surface area (Å²) < 4.78 is 16.9. The number of nitrogens with one attached hydrogen (secondary N) is 1. The van der Waals surface area contributed by atoms with Crippen molar-refractivity contribution in [1.29, 1.82) is 0 Å². The largest absolute Gasteiger partial charge is 0.486 e. The maximum Gasteiger partial charge on any atom is 0.260 e. The van der Waals surface area contributed by atoms with Crippen LogP contribution in [0.15, 0.2) is 51.2 Å². The normalized spacial score (nSPS) is 18.6. The quantitative estimate of drug-likeness (QED) is 0.513. The molecular formula is C23H21N3O4S. The highest BCUT2D eigenvalue weighted by Gasteiger charge is 2.28. The summed E-state index contributed by atoms with van der Waals surface area (Å²) in [6.45, 7) is 2.73. The van der Waals surface area contributed by atoms with Crippen LogP contribution in [0.5, 0.6) is 11.5 Å². The van der Waals surface area contributed by atoms with Crippen molar-refractivity contribution < 1.29 is 13.9 Å². The van der Waals surface area contributed by atoms with Gasteiger partial charge in [-0.1, -0.05) is 6.07 Å². The molecule has 1 aromatic carbocycles. The van der Waals surface area contributed by atoms with Crippen molar-refractivity contribution >= 4 is 21.6 Å². The third kappa shape index (κ3) is 3.32. The molecule has 0 amide bonds. The van der Waals surface area contributed by atoms with Gasteiger partial charge < -0.3 is 18.9 Å². The van der Waals surface area contributed by atoms with Gasteiger partial charge in [0.15, 0.2) is 11.5 Å². The lowest BCUT2D eigenvalue weighted by Crippen LogP contribution is -2.26. The van der Waals surface area contributed by atoms with E-state index in [4.69, 9.17) is 18.9 Å². The van der Waals surface area contributed by atoms with E-state index < -0.39 is 0 Å². The number of hydrogen-bond acceptors (Lipinski definition) is 7. The van der Waals surface area contributed by atoms with Gasteiger partial charge in [0.2, 0.25) is 0 Å². The zero-order valence-electron chi connectivity index (χ0n) is 16.8. The second-order valence-corrected chi connectivity index (χ2v) is 8.71. The fraction of sp³-hybridized carbons (Fsp3) is 0.304. The molecule has 1 atom stereocenters. The molecule has 158 valence electrons. The van der Waals surface area contributed by atoms with Gasteiger partial charge in [0.1, 0.15) is 29.6 Å². The molecule has 2 aliphatic heterocycles. The van der Waals surface area contributed by atoms with Crippen LogP contribution in [-0.2, 0) is 6.54 Å². The van der Waals surface area contributed by atoms with Gasteiger partial charge in [0, 0.05) is 17.0 Å². The van der Waals surface area contributed by atoms with Gasteiger partial charge in [0.05, 0.1) is 18.2 Å². The van der Waals surface area contributed by atoms with Gasteiger partial charge in [0.25, 0.3) is 5.56 Å². The molecule has 0 radical (unpaired) electrons. The summed E-state index contributed by atoms with van der Waals surface area (Å²) in [5, 5.41) is 2.53. The lowest BCUT2D eigenvalue weighted by atomic mass is 10.0. The minimum atomic E-state index is -0.122. The van der Waals surface area contributed by atoms with Gasteiger partial charge in [-0.05, 0) is 49.2 Å². The van der Waals surface area contributed by atoms with E-state index in [9.17, 15) is 4.79 Å². The summed E-state index contributed by atoms with van der Waals surface area (Å²) in [7, 11) is 0. The van der Waals surface area contributed by atoms with E-state index in [-0.39, 0.29) is 11.6 Å². The van der Waals surface area contributed by atoms with Gasteiger partial charge >= 0.3 is 0 Å². The maximum atomic E-state index is 12.9. The molecule has 0 saturated carbocycles. The summed E-state index contributed by atoms with van der Waals surface area (Å²) in [6.07, 6.45) is 3.78. The Balaban J connectivity index is 1.29. The van der Waals surface area contributed by atoms with E-state index >= 15 is 0 Å². The van der Waals surface area contributed by atoms with E-state index in [1.54, 1.807) is 6.26 Å². The number of nitrogens with zero attached hydrogens (tertiary/aromatic N) is 2. The molecular weight excluding hydrogens is 414 g/mol. The Bertz CT molecular complexity index is 1290. The number of fused-ring (bicyclic) bond motifs is 2. The van der Waals surface area contributed by atoms with Gasteiger partial charge in [-0.2, -0.15) is 0 Å². The second kappa shape index (κ2) is 7.55. The second-order valence-electron chi connectivity index (χ2n) is 7.85. The minimum Gasteiger partial charge on any atom is -0.486 e. The molecule has 8 heteroatoms.